The zero-order chi connectivity index (χ0) is 12.8. The summed E-state index contributed by atoms with van der Waals surface area (Å²) in [6, 6.07) is 3.13. The molecule has 17 heavy (non-hydrogen) atoms. The van der Waals surface area contributed by atoms with E-state index in [2.05, 4.69) is 10.3 Å². The van der Waals surface area contributed by atoms with Crippen LogP contribution in [0.25, 0.3) is 0 Å². The Hall–Kier alpha value is -1.78. The van der Waals surface area contributed by atoms with Gasteiger partial charge in [-0.05, 0) is 25.0 Å². The first kappa shape index (κ1) is 13.3. The lowest BCUT2D eigenvalue weighted by atomic mass is 10.0. The maximum Gasteiger partial charge on any atom is 0.240 e. The zero-order valence-corrected chi connectivity index (χ0v) is 10.4. The van der Waals surface area contributed by atoms with Gasteiger partial charge in [0.1, 0.15) is 6.04 Å². The molecule has 0 bridgehead atoms. The average molecular weight is 237 g/mol. The summed E-state index contributed by atoms with van der Waals surface area (Å²) in [6.45, 7) is 6.28. The molecule has 0 aromatic carbocycles. The second-order valence-corrected chi connectivity index (χ2v) is 4.05. The maximum absolute atomic E-state index is 11.3. The largest absolute Gasteiger partial charge is 0.490 e. The molecule has 1 rings (SSSR count). The van der Waals surface area contributed by atoms with Crippen molar-refractivity contribution in [2.24, 2.45) is 11.7 Å². The van der Waals surface area contributed by atoms with E-state index < -0.39 is 11.9 Å². The van der Waals surface area contributed by atoms with E-state index in [0.29, 0.717) is 18.2 Å². The molecule has 0 fully saturated rings. The highest BCUT2D eigenvalue weighted by molar-refractivity contribution is 5.83. The number of amides is 1. The number of aromatic nitrogens is 1. The van der Waals surface area contributed by atoms with Crippen LogP contribution in [-0.4, -0.2) is 23.5 Å². The zero-order valence-electron chi connectivity index (χ0n) is 10.4. The van der Waals surface area contributed by atoms with E-state index in [9.17, 15) is 4.79 Å². The second kappa shape index (κ2) is 6.08. The molecule has 3 N–H and O–H groups in total. The van der Waals surface area contributed by atoms with Crippen LogP contribution < -0.4 is 15.8 Å². The molecular formula is C12H19N3O2. The number of pyridine rings is 1. The third-order valence-electron chi connectivity index (χ3n) is 2.34. The van der Waals surface area contributed by atoms with Crippen LogP contribution in [0.1, 0.15) is 20.8 Å². The number of nitrogens with one attached hydrogen (secondary N) is 1. The quantitative estimate of drug-likeness (QED) is 0.784. The van der Waals surface area contributed by atoms with Gasteiger partial charge in [0.15, 0.2) is 11.6 Å². The molecule has 1 aromatic rings. The van der Waals surface area contributed by atoms with Crippen LogP contribution in [0, 0.1) is 5.92 Å². The predicted molar refractivity (Wildman–Crippen MR) is 66.8 cm³/mol. The van der Waals surface area contributed by atoms with E-state index in [4.69, 9.17) is 10.5 Å². The number of primary amides is 1. The number of hydrogen-bond acceptors (Lipinski definition) is 4. The van der Waals surface area contributed by atoms with Crippen molar-refractivity contribution in [2.75, 3.05) is 11.9 Å². The summed E-state index contributed by atoms with van der Waals surface area (Å²) < 4.78 is 5.42. The summed E-state index contributed by atoms with van der Waals surface area (Å²) in [7, 11) is 0. The molecule has 5 heteroatoms. The van der Waals surface area contributed by atoms with Gasteiger partial charge < -0.3 is 15.8 Å². The molecule has 5 nitrogen and oxygen atoms in total. The van der Waals surface area contributed by atoms with E-state index in [1.54, 1.807) is 18.3 Å². The van der Waals surface area contributed by atoms with Gasteiger partial charge in [-0.3, -0.25) is 4.79 Å². The standard InChI is InChI=1S/C12H19N3O2/c1-4-17-9-6-5-7-14-12(9)15-10(8(2)3)11(13)16/h5-8,10H,4H2,1-3H3,(H2,13,16)(H,14,15). The third kappa shape index (κ3) is 3.62. The van der Waals surface area contributed by atoms with E-state index in [1.807, 2.05) is 20.8 Å². The van der Waals surface area contributed by atoms with Crippen LogP contribution in [0.2, 0.25) is 0 Å². The fourth-order valence-corrected chi connectivity index (χ4v) is 1.48. The highest BCUT2D eigenvalue weighted by Crippen LogP contribution is 2.22. The first-order chi connectivity index (χ1) is 8.06. The molecule has 1 unspecified atom stereocenters. The van der Waals surface area contributed by atoms with Crippen LogP contribution >= 0.6 is 0 Å². The van der Waals surface area contributed by atoms with Crippen LogP contribution in [0.4, 0.5) is 5.82 Å². The van der Waals surface area contributed by atoms with E-state index in [0.717, 1.165) is 0 Å². The van der Waals surface area contributed by atoms with Crippen molar-refractivity contribution in [2.45, 2.75) is 26.8 Å². The van der Waals surface area contributed by atoms with E-state index in [-0.39, 0.29) is 5.92 Å². The highest BCUT2D eigenvalue weighted by Gasteiger charge is 2.21. The molecule has 0 spiro atoms. The Bertz CT molecular complexity index is 380. The van der Waals surface area contributed by atoms with Crippen LogP contribution in [0.5, 0.6) is 5.75 Å². The first-order valence-electron chi connectivity index (χ1n) is 5.70. The summed E-state index contributed by atoms with van der Waals surface area (Å²) in [5.41, 5.74) is 5.34. The van der Waals surface area contributed by atoms with Gasteiger partial charge in [0.05, 0.1) is 6.61 Å². The minimum atomic E-state index is -0.455. The van der Waals surface area contributed by atoms with Crippen LogP contribution in [0.3, 0.4) is 0 Å². The Labute approximate surface area is 101 Å². The molecule has 0 saturated carbocycles. The van der Waals surface area contributed by atoms with Crippen molar-refractivity contribution in [3.05, 3.63) is 18.3 Å². The van der Waals surface area contributed by atoms with Gasteiger partial charge in [-0.2, -0.15) is 0 Å². The number of carbonyl (C=O) groups excluding carboxylic acids is 1. The summed E-state index contributed by atoms with van der Waals surface area (Å²) in [5.74, 6) is 0.867. The summed E-state index contributed by atoms with van der Waals surface area (Å²) in [6.07, 6.45) is 1.64. The van der Waals surface area contributed by atoms with Gasteiger partial charge in [0.2, 0.25) is 5.91 Å². The Morgan fingerprint density at radius 2 is 2.29 bits per heavy atom. The van der Waals surface area contributed by atoms with Gasteiger partial charge in [-0.25, -0.2) is 4.98 Å². The molecule has 1 heterocycles. The number of hydrogen-bond donors (Lipinski definition) is 2. The lowest BCUT2D eigenvalue weighted by Crippen LogP contribution is -2.39. The monoisotopic (exact) mass is 237 g/mol. The minimum Gasteiger partial charge on any atom is -0.490 e. The normalized spacial score (nSPS) is 12.2. The number of anilines is 1. The Kier molecular flexibility index (Phi) is 4.75. The fraction of sp³-hybridized carbons (Fsp3) is 0.500. The number of ether oxygens (including phenoxy) is 1. The topological polar surface area (TPSA) is 77.2 Å². The fourth-order valence-electron chi connectivity index (χ4n) is 1.48. The van der Waals surface area contributed by atoms with Gasteiger partial charge >= 0.3 is 0 Å². The van der Waals surface area contributed by atoms with Crippen molar-refractivity contribution in [3.63, 3.8) is 0 Å². The highest BCUT2D eigenvalue weighted by atomic mass is 16.5. The molecule has 1 amide bonds. The molecule has 0 aliphatic heterocycles. The lowest BCUT2D eigenvalue weighted by molar-refractivity contribution is -0.119. The summed E-state index contributed by atoms with van der Waals surface area (Å²) >= 11 is 0. The smallest absolute Gasteiger partial charge is 0.240 e. The Balaban J connectivity index is 2.88. The number of rotatable bonds is 6. The molecular weight excluding hydrogens is 218 g/mol. The minimum absolute atomic E-state index is 0.0870. The first-order valence-corrected chi connectivity index (χ1v) is 5.70. The number of carbonyl (C=O) groups is 1. The third-order valence-corrected chi connectivity index (χ3v) is 2.34. The summed E-state index contributed by atoms with van der Waals surface area (Å²) in [4.78, 5) is 15.5. The molecule has 1 aromatic heterocycles. The summed E-state index contributed by atoms with van der Waals surface area (Å²) in [5, 5.41) is 3.02. The maximum atomic E-state index is 11.3. The predicted octanol–water partition coefficient (Wildman–Crippen LogP) is 1.40. The molecule has 0 saturated heterocycles. The van der Waals surface area contributed by atoms with E-state index >= 15 is 0 Å². The molecule has 0 aliphatic carbocycles. The molecule has 1 atom stereocenters. The van der Waals surface area contributed by atoms with Crippen molar-refractivity contribution < 1.29 is 9.53 Å². The SMILES string of the molecule is CCOc1cccnc1NC(C(N)=O)C(C)C. The van der Waals surface area contributed by atoms with Gasteiger partial charge in [0.25, 0.3) is 0 Å². The molecule has 94 valence electrons. The Morgan fingerprint density at radius 1 is 1.59 bits per heavy atom. The second-order valence-electron chi connectivity index (χ2n) is 4.05. The number of nitrogens with zero attached hydrogens (tertiary/aromatic N) is 1. The van der Waals surface area contributed by atoms with Gasteiger partial charge in [-0.15, -0.1) is 0 Å². The van der Waals surface area contributed by atoms with Crippen LogP contribution in [-0.2, 0) is 4.79 Å². The van der Waals surface area contributed by atoms with E-state index in [1.165, 1.54) is 0 Å². The number of nitrogens with two attached hydrogens (primary N) is 1. The van der Waals surface area contributed by atoms with Crippen LogP contribution in [0.15, 0.2) is 18.3 Å². The molecule has 0 aliphatic rings. The van der Waals surface area contributed by atoms with Gasteiger partial charge in [-0.1, -0.05) is 13.8 Å². The van der Waals surface area contributed by atoms with Crippen molar-refractivity contribution in [1.29, 1.82) is 0 Å². The van der Waals surface area contributed by atoms with Crippen molar-refractivity contribution in [3.8, 4) is 5.75 Å². The van der Waals surface area contributed by atoms with Crippen molar-refractivity contribution in [1.82, 2.24) is 4.98 Å². The van der Waals surface area contributed by atoms with Crippen molar-refractivity contribution >= 4 is 11.7 Å². The lowest BCUT2D eigenvalue weighted by Gasteiger charge is -2.20. The van der Waals surface area contributed by atoms with Gasteiger partial charge in [0, 0.05) is 6.20 Å². The Morgan fingerprint density at radius 3 is 2.82 bits per heavy atom. The molecule has 0 radical (unpaired) electrons. The average Bonchev–Trinajstić information content (AvgIpc) is 2.27.